The van der Waals surface area contributed by atoms with Gasteiger partial charge in [-0.15, -0.1) is 0 Å². The van der Waals surface area contributed by atoms with Crippen LogP contribution in [0.15, 0.2) is 41.1 Å². The van der Waals surface area contributed by atoms with Crippen molar-refractivity contribution in [3.63, 3.8) is 0 Å². The van der Waals surface area contributed by atoms with Crippen molar-refractivity contribution in [2.24, 2.45) is 0 Å². The maximum absolute atomic E-state index is 12.1. The summed E-state index contributed by atoms with van der Waals surface area (Å²) < 4.78 is 0.907. The number of halogens is 1. The molecule has 0 atom stereocenters. The van der Waals surface area contributed by atoms with E-state index in [1.54, 1.807) is 12.4 Å². The Morgan fingerprint density at radius 1 is 1.00 bits per heavy atom. The van der Waals surface area contributed by atoms with Gasteiger partial charge in [-0.05, 0) is 47.0 Å². The number of carbonyl (C=O) groups is 1. The molecule has 0 bridgehead atoms. The molecule has 3 heteroatoms. The molecule has 0 aliphatic heterocycles. The van der Waals surface area contributed by atoms with Crippen molar-refractivity contribution in [2.45, 2.75) is 26.7 Å². The monoisotopic (exact) mass is 317 g/mol. The highest BCUT2D eigenvalue weighted by Gasteiger charge is 2.07. The van der Waals surface area contributed by atoms with Crippen molar-refractivity contribution in [3.05, 3.63) is 63.4 Å². The van der Waals surface area contributed by atoms with E-state index in [4.69, 9.17) is 0 Å². The molecule has 0 spiro atoms. The third kappa shape index (κ3) is 4.28. The number of ketones is 1. The summed E-state index contributed by atoms with van der Waals surface area (Å²) in [5.41, 5.74) is 4.44. The molecule has 0 radical (unpaired) electrons. The molecule has 2 aromatic rings. The summed E-state index contributed by atoms with van der Waals surface area (Å²) in [7, 11) is 0. The molecule has 19 heavy (non-hydrogen) atoms. The van der Waals surface area contributed by atoms with Crippen LogP contribution in [0.1, 0.15) is 22.3 Å². The SMILES string of the molecule is Cc1cc(C)cc(CC(=O)Cc2cncc(Br)c2)c1. The zero-order valence-electron chi connectivity index (χ0n) is 11.1. The summed E-state index contributed by atoms with van der Waals surface area (Å²) in [5, 5.41) is 0. The zero-order chi connectivity index (χ0) is 13.8. The van der Waals surface area contributed by atoms with Gasteiger partial charge in [0.25, 0.3) is 0 Å². The van der Waals surface area contributed by atoms with E-state index in [0.717, 1.165) is 15.6 Å². The van der Waals surface area contributed by atoms with E-state index in [2.05, 4.69) is 53.0 Å². The zero-order valence-corrected chi connectivity index (χ0v) is 12.7. The number of benzene rings is 1. The summed E-state index contributed by atoms with van der Waals surface area (Å²) in [6.07, 6.45) is 4.37. The van der Waals surface area contributed by atoms with Gasteiger partial charge in [0.05, 0.1) is 0 Å². The van der Waals surface area contributed by atoms with Gasteiger partial charge < -0.3 is 0 Å². The fourth-order valence-corrected chi connectivity index (χ4v) is 2.65. The highest BCUT2D eigenvalue weighted by molar-refractivity contribution is 9.10. The van der Waals surface area contributed by atoms with Crippen molar-refractivity contribution in [1.82, 2.24) is 4.98 Å². The van der Waals surface area contributed by atoms with E-state index in [9.17, 15) is 4.79 Å². The molecule has 0 amide bonds. The van der Waals surface area contributed by atoms with E-state index in [-0.39, 0.29) is 5.78 Å². The fourth-order valence-electron chi connectivity index (χ4n) is 2.24. The lowest BCUT2D eigenvalue weighted by molar-refractivity contribution is -0.117. The first-order valence-electron chi connectivity index (χ1n) is 6.21. The predicted molar refractivity (Wildman–Crippen MR) is 80.3 cm³/mol. The largest absolute Gasteiger partial charge is 0.299 e. The van der Waals surface area contributed by atoms with Gasteiger partial charge in [0.1, 0.15) is 5.78 Å². The summed E-state index contributed by atoms with van der Waals surface area (Å²) in [6, 6.07) is 8.20. The average molecular weight is 318 g/mol. The van der Waals surface area contributed by atoms with Crippen LogP contribution in [-0.2, 0) is 17.6 Å². The normalized spacial score (nSPS) is 10.5. The second-order valence-corrected chi connectivity index (χ2v) is 5.82. The minimum Gasteiger partial charge on any atom is -0.299 e. The van der Waals surface area contributed by atoms with Crippen molar-refractivity contribution < 1.29 is 4.79 Å². The minimum atomic E-state index is 0.213. The summed E-state index contributed by atoms with van der Waals surface area (Å²) in [5.74, 6) is 0.213. The van der Waals surface area contributed by atoms with Crippen LogP contribution in [0.5, 0.6) is 0 Å². The van der Waals surface area contributed by atoms with Crippen LogP contribution in [-0.4, -0.2) is 10.8 Å². The van der Waals surface area contributed by atoms with Crippen molar-refractivity contribution in [2.75, 3.05) is 0 Å². The number of carbonyl (C=O) groups excluding carboxylic acids is 1. The molecule has 0 N–H and O–H groups in total. The van der Waals surface area contributed by atoms with E-state index in [1.807, 2.05) is 6.07 Å². The predicted octanol–water partition coefficient (Wildman–Crippen LogP) is 3.82. The number of pyridine rings is 1. The number of hydrogen-bond donors (Lipinski definition) is 0. The van der Waals surface area contributed by atoms with Gasteiger partial charge in [0, 0.05) is 29.7 Å². The molecule has 0 fully saturated rings. The maximum Gasteiger partial charge on any atom is 0.141 e. The topological polar surface area (TPSA) is 30.0 Å². The maximum atomic E-state index is 12.1. The van der Waals surface area contributed by atoms with Gasteiger partial charge in [-0.2, -0.15) is 0 Å². The van der Waals surface area contributed by atoms with Crippen LogP contribution in [0.3, 0.4) is 0 Å². The van der Waals surface area contributed by atoms with Gasteiger partial charge in [0.15, 0.2) is 0 Å². The third-order valence-electron chi connectivity index (χ3n) is 2.85. The van der Waals surface area contributed by atoms with Crippen LogP contribution >= 0.6 is 15.9 Å². The Hall–Kier alpha value is -1.48. The van der Waals surface area contributed by atoms with Gasteiger partial charge in [-0.25, -0.2) is 0 Å². The highest BCUT2D eigenvalue weighted by Crippen LogP contribution is 2.13. The second-order valence-electron chi connectivity index (χ2n) is 4.90. The molecule has 1 aromatic carbocycles. The molecule has 0 aliphatic carbocycles. The standard InChI is InChI=1S/C16H16BrNO/c1-11-3-12(2)5-13(4-11)7-16(19)8-14-6-15(17)10-18-9-14/h3-6,9-10H,7-8H2,1-2H3. The Morgan fingerprint density at radius 2 is 1.63 bits per heavy atom. The summed E-state index contributed by atoms with van der Waals surface area (Å²) in [6.45, 7) is 4.11. The number of aromatic nitrogens is 1. The van der Waals surface area contributed by atoms with E-state index in [1.165, 1.54) is 11.1 Å². The number of rotatable bonds is 4. The molecular weight excluding hydrogens is 302 g/mol. The fraction of sp³-hybridized carbons (Fsp3) is 0.250. The van der Waals surface area contributed by atoms with Gasteiger partial charge >= 0.3 is 0 Å². The molecule has 0 aliphatic rings. The lowest BCUT2D eigenvalue weighted by Crippen LogP contribution is -2.07. The van der Waals surface area contributed by atoms with Crippen molar-refractivity contribution in [1.29, 1.82) is 0 Å². The lowest BCUT2D eigenvalue weighted by Gasteiger charge is -2.05. The quantitative estimate of drug-likeness (QED) is 0.858. The summed E-state index contributed by atoms with van der Waals surface area (Å²) >= 11 is 3.36. The molecule has 0 unspecified atom stereocenters. The van der Waals surface area contributed by atoms with Crippen LogP contribution in [0.25, 0.3) is 0 Å². The molecule has 2 rings (SSSR count). The van der Waals surface area contributed by atoms with Crippen molar-refractivity contribution >= 4 is 21.7 Å². The first kappa shape index (κ1) is 13.9. The number of aryl methyl sites for hydroxylation is 2. The minimum absolute atomic E-state index is 0.213. The molecule has 0 saturated heterocycles. The van der Waals surface area contributed by atoms with Gasteiger partial charge in [-0.3, -0.25) is 9.78 Å². The third-order valence-corrected chi connectivity index (χ3v) is 3.28. The molecular formula is C16H16BrNO. The molecule has 0 saturated carbocycles. The smallest absolute Gasteiger partial charge is 0.141 e. The average Bonchev–Trinajstić information content (AvgIpc) is 2.26. The van der Waals surface area contributed by atoms with Gasteiger partial charge in [0.2, 0.25) is 0 Å². The Morgan fingerprint density at radius 3 is 2.26 bits per heavy atom. The van der Waals surface area contributed by atoms with E-state index < -0.39 is 0 Å². The highest BCUT2D eigenvalue weighted by atomic mass is 79.9. The van der Waals surface area contributed by atoms with E-state index >= 15 is 0 Å². The molecule has 1 aromatic heterocycles. The number of hydrogen-bond acceptors (Lipinski definition) is 2. The van der Waals surface area contributed by atoms with Crippen LogP contribution in [0.4, 0.5) is 0 Å². The van der Waals surface area contributed by atoms with Crippen LogP contribution in [0.2, 0.25) is 0 Å². The molecule has 98 valence electrons. The summed E-state index contributed by atoms with van der Waals surface area (Å²) in [4.78, 5) is 16.1. The first-order valence-corrected chi connectivity index (χ1v) is 7.00. The van der Waals surface area contributed by atoms with E-state index in [0.29, 0.717) is 12.8 Å². The number of Topliss-reactive ketones (excluding diaryl/α,β-unsaturated/α-hetero) is 1. The lowest BCUT2D eigenvalue weighted by atomic mass is 10.0. The van der Waals surface area contributed by atoms with Crippen LogP contribution < -0.4 is 0 Å². The number of nitrogens with zero attached hydrogens (tertiary/aromatic N) is 1. The Labute approximate surface area is 122 Å². The molecule has 1 heterocycles. The Kier molecular flexibility index (Phi) is 4.48. The Balaban J connectivity index is 2.05. The Bertz CT molecular complexity index is 587. The first-order chi connectivity index (χ1) is 9.02. The molecule has 2 nitrogen and oxygen atoms in total. The van der Waals surface area contributed by atoms with Crippen LogP contribution in [0, 0.1) is 13.8 Å². The van der Waals surface area contributed by atoms with Gasteiger partial charge in [-0.1, -0.05) is 29.3 Å². The van der Waals surface area contributed by atoms with Crippen molar-refractivity contribution in [3.8, 4) is 0 Å². The second kappa shape index (κ2) is 6.11.